The van der Waals surface area contributed by atoms with Crippen molar-refractivity contribution in [2.45, 2.75) is 5.92 Å². The predicted octanol–water partition coefficient (Wildman–Crippen LogP) is 4.09. The number of aromatic carboxylic acids is 1. The molecule has 134 valence electrons. The van der Waals surface area contributed by atoms with Gasteiger partial charge in [0.15, 0.2) is 0 Å². The molecule has 1 amide bonds. The monoisotopic (exact) mass is 359 g/mol. The summed E-state index contributed by atoms with van der Waals surface area (Å²) in [7, 11) is 0. The van der Waals surface area contributed by atoms with Gasteiger partial charge in [-0.1, -0.05) is 48.5 Å². The number of carbonyl (C=O) groups is 2. The van der Waals surface area contributed by atoms with E-state index < -0.39 is 5.97 Å². The maximum absolute atomic E-state index is 11.5. The molecular formula is C22H17NO4. The van der Waals surface area contributed by atoms with Gasteiger partial charge in [-0.15, -0.1) is 0 Å². The maximum atomic E-state index is 11.5. The molecule has 0 aromatic heterocycles. The standard InChI is InChI=1S/C22H17NO4/c24-14-23(16-11-9-15(10-12-16)22(25)26)27-13-21-19-7-3-1-5-17(19)18-6-2-4-8-20(18)21/h1-12,14,21H,13H2,(H,25,26). The van der Waals surface area contributed by atoms with Crippen LogP contribution in [0, 0.1) is 0 Å². The van der Waals surface area contributed by atoms with Crippen LogP contribution < -0.4 is 5.06 Å². The number of nitrogens with zero attached hydrogens (tertiary/aromatic N) is 1. The van der Waals surface area contributed by atoms with Crippen LogP contribution in [-0.2, 0) is 9.63 Å². The fourth-order valence-corrected chi connectivity index (χ4v) is 3.51. The molecule has 3 aromatic carbocycles. The molecule has 0 fully saturated rings. The van der Waals surface area contributed by atoms with Crippen LogP contribution in [0.1, 0.15) is 27.4 Å². The molecule has 5 heteroatoms. The van der Waals surface area contributed by atoms with Crippen molar-refractivity contribution in [2.24, 2.45) is 0 Å². The number of carboxylic acid groups (broad SMARTS) is 1. The zero-order valence-electron chi connectivity index (χ0n) is 14.4. The lowest BCUT2D eigenvalue weighted by Gasteiger charge is -2.20. The molecule has 0 spiro atoms. The Morgan fingerprint density at radius 1 is 0.926 bits per heavy atom. The Kier molecular flexibility index (Phi) is 4.44. The molecule has 1 aliphatic rings. The molecule has 1 aliphatic carbocycles. The van der Waals surface area contributed by atoms with Crippen LogP contribution in [-0.4, -0.2) is 24.1 Å². The minimum absolute atomic E-state index is 0.0261. The first-order valence-electron chi connectivity index (χ1n) is 8.58. The predicted molar refractivity (Wildman–Crippen MR) is 102 cm³/mol. The molecule has 27 heavy (non-hydrogen) atoms. The van der Waals surface area contributed by atoms with Crippen molar-refractivity contribution in [2.75, 3.05) is 11.7 Å². The number of carbonyl (C=O) groups excluding carboxylic acids is 1. The number of amides is 1. The van der Waals surface area contributed by atoms with Gasteiger partial charge in [0.25, 0.3) is 0 Å². The highest BCUT2D eigenvalue weighted by molar-refractivity contribution is 5.88. The molecule has 0 saturated heterocycles. The van der Waals surface area contributed by atoms with E-state index in [-0.39, 0.29) is 11.5 Å². The van der Waals surface area contributed by atoms with E-state index in [2.05, 4.69) is 24.3 Å². The van der Waals surface area contributed by atoms with E-state index in [0.29, 0.717) is 18.7 Å². The van der Waals surface area contributed by atoms with E-state index in [1.807, 2.05) is 24.3 Å². The summed E-state index contributed by atoms with van der Waals surface area (Å²) in [6, 6.07) is 22.4. The number of hydrogen-bond donors (Lipinski definition) is 1. The third kappa shape index (κ3) is 3.09. The van der Waals surface area contributed by atoms with Crippen molar-refractivity contribution in [1.82, 2.24) is 0 Å². The summed E-state index contributed by atoms with van der Waals surface area (Å²) in [5.41, 5.74) is 5.35. The highest BCUT2D eigenvalue weighted by atomic mass is 16.7. The second kappa shape index (κ2) is 7.05. The average molecular weight is 359 g/mol. The maximum Gasteiger partial charge on any atom is 0.335 e. The minimum atomic E-state index is -1.01. The van der Waals surface area contributed by atoms with Crippen LogP contribution >= 0.6 is 0 Å². The van der Waals surface area contributed by atoms with Gasteiger partial charge in [0, 0.05) is 5.92 Å². The molecular weight excluding hydrogens is 342 g/mol. The van der Waals surface area contributed by atoms with Gasteiger partial charge in [-0.2, -0.15) is 5.06 Å². The van der Waals surface area contributed by atoms with Crippen LogP contribution in [0.15, 0.2) is 72.8 Å². The number of benzene rings is 3. The summed E-state index contributed by atoms with van der Waals surface area (Å²) >= 11 is 0. The normalized spacial score (nSPS) is 12.3. The van der Waals surface area contributed by atoms with Crippen LogP contribution in [0.25, 0.3) is 11.1 Å². The van der Waals surface area contributed by atoms with Crippen LogP contribution in [0.4, 0.5) is 5.69 Å². The lowest BCUT2D eigenvalue weighted by atomic mass is 9.98. The van der Waals surface area contributed by atoms with Gasteiger partial charge in [-0.25, -0.2) is 4.79 Å². The number of hydrogen-bond acceptors (Lipinski definition) is 3. The van der Waals surface area contributed by atoms with Crippen LogP contribution in [0.2, 0.25) is 0 Å². The first-order chi connectivity index (χ1) is 13.2. The summed E-state index contributed by atoms with van der Waals surface area (Å²) in [5.74, 6) is -0.988. The first kappa shape index (κ1) is 17.0. The Bertz CT molecular complexity index is 952. The van der Waals surface area contributed by atoms with Crippen molar-refractivity contribution in [3.63, 3.8) is 0 Å². The largest absolute Gasteiger partial charge is 0.478 e. The number of carboxylic acids is 1. The number of anilines is 1. The third-order valence-electron chi connectivity index (χ3n) is 4.81. The smallest absolute Gasteiger partial charge is 0.335 e. The zero-order valence-corrected chi connectivity index (χ0v) is 14.4. The van der Waals surface area contributed by atoms with E-state index in [1.54, 1.807) is 12.1 Å². The highest BCUT2D eigenvalue weighted by Crippen LogP contribution is 2.44. The third-order valence-corrected chi connectivity index (χ3v) is 4.81. The van der Waals surface area contributed by atoms with Crippen molar-refractivity contribution < 1.29 is 19.5 Å². The second-order valence-corrected chi connectivity index (χ2v) is 6.31. The van der Waals surface area contributed by atoms with E-state index in [1.165, 1.54) is 34.4 Å². The Labute approximate surface area is 156 Å². The Morgan fingerprint density at radius 2 is 1.48 bits per heavy atom. The molecule has 0 heterocycles. The lowest BCUT2D eigenvalue weighted by molar-refractivity contribution is -0.114. The van der Waals surface area contributed by atoms with Crippen molar-refractivity contribution >= 4 is 18.1 Å². The molecule has 0 atom stereocenters. The summed E-state index contributed by atoms with van der Waals surface area (Å²) in [6.07, 6.45) is 0.586. The van der Waals surface area contributed by atoms with E-state index in [4.69, 9.17) is 9.94 Å². The van der Waals surface area contributed by atoms with E-state index in [0.717, 1.165) is 5.06 Å². The zero-order chi connectivity index (χ0) is 18.8. The van der Waals surface area contributed by atoms with Gasteiger partial charge in [0.2, 0.25) is 6.41 Å². The molecule has 4 rings (SSSR count). The Balaban J connectivity index is 1.57. The highest BCUT2D eigenvalue weighted by Gasteiger charge is 2.28. The lowest BCUT2D eigenvalue weighted by Crippen LogP contribution is -2.24. The van der Waals surface area contributed by atoms with E-state index in [9.17, 15) is 9.59 Å². The van der Waals surface area contributed by atoms with Crippen molar-refractivity contribution in [3.05, 3.63) is 89.5 Å². The summed E-state index contributed by atoms with van der Waals surface area (Å²) in [6.45, 7) is 0.299. The van der Waals surface area contributed by atoms with Crippen molar-refractivity contribution in [1.29, 1.82) is 0 Å². The average Bonchev–Trinajstić information content (AvgIpc) is 3.03. The van der Waals surface area contributed by atoms with Crippen LogP contribution in [0.5, 0.6) is 0 Å². The molecule has 3 aromatic rings. The van der Waals surface area contributed by atoms with Gasteiger partial charge in [-0.05, 0) is 46.5 Å². The van der Waals surface area contributed by atoms with E-state index >= 15 is 0 Å². The van der Waals surface area contributed by atoms with Crippen molar-refractivity contribution in [3.8, 4) is 11.1 Å². The number of fused-ring (bicyclic) bond motifs is 3. The first-order valence-corrected chi connectivity index (χ1v) is 8.58. The summed E-state index contributed by atoms with van der Waals surface area (Å²) < 4.78 is 0. The SMILES string of the molecule is O=CN(OCC1c2ccccc2-c2ccccc21)c1ccc(C(=O)O)cc1. The summed E-state index contributed by atoms with van der Waals surface area (Å²) in [4.78, 5) is 28.3. The molecule has 0 bridgehead atoms. The minimum Gasteiger partial charge on any atom is -0.478 e. The second-order valence-electron chi connectivity index (χ2n) is 6.31. The Morgan fingerprint density at radius 3 is 2.00 bits per heavy atom. The van der Waals surface area contributed by atoms with Gasteiger partial charge in [0.1, 0.15) is 0 Å². The number of hydroxylamine groups is 1. The van der Waals surface area contributed by atoms with Gasteiger partial charge < -0.3 is 5.11 Å². The quantitative estimate of drug-likeness (QED) is 0.532. The molecule has 5 nitrogen and oxygen atoms in total. The Hall–Kier alpha value is -3.44. The fourth-order valence-electron chi connectivity index (χ4n) is 3.51. The molecule has 0 unspecified atom stereocenters. The fraction of sp³-hybridized carbons (Fsp3) is 0.0909. The number of rotatable bonds is 6. The van der Waals surface area contributed by atoms with Gasteiger partial charge in [0.05, 0.1) is 17.9 Å². The topological polar surface area (TPSA) is 66.8 Å². The molecule has 0 saturated carbocycles. The molecule has 1 N–H and O–H groups in total. The molecule has 0 aliphatic heterocycles. The van der Waals surface area contributed by atoms with Gasteiger partial charge >= 0.3 is 5.97 Å². The van der Waals surface area contributed by atoms with Gasteiger partial charge in [-0.3, -0.25) is 9.63 Å². The van der Waals surface area contributed by atoms with Crippen LogP contribution in [0.3, 0.4) is 0 Å². The molecule has 0 radical (unpaired) electrons. The summed E-state index contributed by atoms with van der Waals surface area (Å²) in [5, 5.41) is 10.1.